The van der Waals surface area contributed by atoms with E-state index in [2.05, 4.69) is 9.97 Å². The molecule has 0 amide bonds. The smallest absolute Gasteiger partial charge is 0.395 e. The van der Waals surface area contributed by atoms with Gasteiger partial charge in [0.25, 0.3) is 0 Å². The summed E-state index contributed by atoms with van der Waals surface area (Å²) in [5.74, 6) is -4.03. The van der Waals surface area contributed by atoms with Gasteiger partial charge in [-0.05, 0) is 24.0 Å². The number of nitrogen functional groups attached to an aromatic ring is 1. The number of carboxylic acids is 1. The molecule has 1 aromatic heterocycles. The third kappa shape index (κ3) is 6.66. The molecule has 1 aromatic carbocycles. The number of benzene rings is 1. The molecular formula is C18H22F3N5O3S. The molecule has 12 heteroatoms. The molecule has 0 aliphatic carbocycles. The maximum atomic E-state index is 13.6. The highest BCUT2D eigenvalue weighted by Crippen LogP contribution is 2.38. The van der Waals surface area contributed by atoms with Crippen LogP contribution in [0.3, 0.4) is 0 Å². The lowest BCUT2D eigenvalue weighted by Gasteiger charge is -2.21. The van der Waals surface area contributed by atoms with E-state index in [0.717, 1.165) is 0 Å². The number of nitrogens with two attached hydrogens (primary N) is 2. The Morgan fingerprint density at radius 2 is 1.63 bits per heavy atom. The van der Waals surface area contributed by atoms with Crippen LogP contribution in [0.25, 0.3) is 11.1 Å². The van der Waals surface area contributed by atoms with Crippen molar-refractivity contribution >= 4 is 21.6 Å². The fourth-order valence-electron chi connectivity index (χ4n) is 2.77. The van der Waals surface area contributed by atoms with Crippen molar-refractivity contribution in [2.75, 3.05) is 17.2 Å². The van der Waals surface area contributed by atoms with Gasteiger partial charge in [0.1, 0.15) is 6.04 Å². The standard InChI is InChI=1S/C18H22F3N5O3S/c19-18(20,21)14(5-7-30(24,29)8-6-15(22)16(27)28)12-3-1-11(2-4-12)13-9-25-17(23)26-10-13/h1-4,9-10,14-15,24H,5-8,22H2,(H,27,28)(H2,23,25,26)/t14?,15-,30?/m0/s1. The van der Waals surface area contributed by atoms with E-state index >= 15 is 0 Å². The average Bonchev–Trinajstić information content (AvgIpc) is 2.66. The van der Waals surface area contributed by atoms with Gasteiger partial charge in [-0.1, -0.05) is 24.3 Å². The number of hydrogen-bond donors (Lipinski definition) is 4. The van der Waals surface area contributed by atoms with E-state index in [1.165, 1.54) is 36.7 Å². The summed E-state index contributed by atoms with van der Waals surface area (Å²) >= 11 is 0. The molecule has 0 saturated carbocycles. The Morgan fingerprint density at radius 1 is 1.10 bits per heavy atom. The molecule has 1 heterocycles. The van der Waals surface area contributed by atoms with E-state index in [4.69, 9.17) is 21.4 Å². The minimum atomic E-state index is -4.60. The molecule has 0 spiro atoms. The van der Waals surface area contributed by atoms with Crippen LogP contribution in [-0.4, -0.2) is 49.0 Å². The minimum Gasteiger partial charge on any atom is -0.480 e. The molecule has 6 N–H and O–H groups in total. The second kappa shape index (κ2) is 9.39. The number of carbonyl (C=O) groups is 1. The molecule has 164 valence electrons. The van der Waals surface area contributed by atoms with Gasteiger partial charge in [0.15, 0.2) is 0 Å². The van der Waals surface area contributed by atoms with Crippen LogP contribution >= 0.6 is 0 Å². The number of alkyl halides is 3. The zero-order chi connectivity index (χ0) is 22.5. The Morgan fingerprint density at radius 3 is 2.13 bits per heavy atom. The third-order valence-corrected chi connectivity index (χ3v) is 6.32. The number of hydrogen-bond acceptors (Lipinski definition) is 7. The second-order valence-electron chi connectivity index (χ2n) is 6.79. The van der Waals surface area contributed by atoms with Crippen molar-refractivity contribution in [3.05, 3.63) is 42.2 Å². The van der Waals surface area contributed by atoms with Crippen LogP contribution < -0.4 is 11.5 Å². The van der Waals surface area contributed by atoms with Crippen LogP contribution in [0.4, 0.5) is 19.1 Å². The summed E-state index contributed by atoms with van der Waals surface area (Å²) in [6, 6.07) is 4.31. The van der Waals surface area contributed by atoms with Crippen LogP contribution in [0, 0.1) is 4.78 Å². The summed E-state index contributed by atoms with van der Waals surface area (Å²) in [6.45, 7) is 0. The first-order valence-electron chi connectivity index (χ1n) is 8.86. The van der Waals surface area contributed by atoms with Crippen LogP contribution in [0.5, 0.6) is 0 Å². The Labute approximate surface area is 171 Å². The number of nitrogens with zero attached hydrogens (tertiary/aromatic N) is 2. The Kier molecular flexibility index (Phi) is 7.37. The topological polar surface area (TPSA) is 156 Å². The molecular weight excluding hydrogens is 423 g/mol. The second-order valence-corrected chi connectivity index (χ2v) is 9.23. The summed E-state index contributed by atoms with van der Waals surface area (Å²) < 4.78 is 60.8. The highest BCUT2D eigenvalue weighted by Gasteiger charge is 2.40. The van der Waals surface area contributed by atoms with Crippen LogP contribution in [0.1, 0.15) is 24.3 Å². The first kappa shape index (κ1) is 23.5. The number of halogens is 3. The van der Waals surface area contributed by atoms with Crippen molar-refractivity contribution in [2.45, 2.75) is 31.0 Å². The lowest BCUT2D eigenvalue weighted by atomic mass is 9.94. The highest BCUT2D eigenvalue weighted by atomic mass is 32.2. The van der Waals surface area contributed by atoms with Crippen molar-refractivity contribution in [2.24, 2.45) is 5.73 Å². The fraction of sp³-hybridized carbons (Fsp3) is 0.389. The van der Waals surface area contributed by atoms with E-state index in [0.29, 0.717) is 11.1 Å². The minimum absolute atomic E-state index is 0.0277. The molecule has 0 aliphatic rings. The van der Waals surface area contributed by atoms with Gasteiger partial charge in [0, 0.05) is 39.2 Å². The maximum absolute atomic E-state index is 13.6. The van der Waals surface area contributed by atoms with Gasteiger partial charge in [-0.15, -0.1) is 0 Å². The Hall–Kier alpha value is -2.73. The highest BCUT2D eigenvalue weighted by molar-refractivity contribution is 7.92. The van der Waals surface area contributed by atoms with Gasteiger partial charge in [0.05, 0.1) is 5.92 Å². The number of carboxylic acid groups (broad SMARTS) is 1. The molecule has 0 radical (unpaired) electrons. The molecule has 3 atom stereocenters. The van der Waals surface area contributed by atoms with Gasteiger partial charge in [0.2, 0.25) is 5.95 Å². The molecule has 0 fully saturated rings. The van der Waals surface area contributed by atoms with Crippen molar-refractivity contribution in [1.82, 2.24) is 9.97 Å². The average molecular weight is 445 g/mol. The Bertz CT molecular complexity index is 964. The van der Waals surface area contributed by atoms with E-state index in [-0.39, 0.29) is 23.7 Å². The quantitative estimate of drug-likeness (QED) is 0.462. The summed E-state index contributed by atoms with van der Waals surface area (Å²) in [5.41, 5.74) is 11.9. The monoisotopic (exact) mass is 445 g/mol. The number of aromatic nitrogens is 2. The van der Waals surface area contributed by atoms with Crippen molar-refractivity contribution < 1.29 is 27.3 Å². The fourth-order valence-corrected chi connectivity index (χ4v) is 4.22. The Balaban J connectivity index is 2.12. The van der Waals surface area contributed by atoms with Crippen LogP contribution in [0.15, 0.2) is 36.7 Å². The first-order chi connectivity index (χ1) is 13.9. The summed E-state index contributed by atoms with van der Waals surface area (Å²) in [5, 5.41) is 8.73. The van der Waals surface area contributed by atoms with Crippen molar-refractivity contribution in [3.8, 4) is 11.1 Å². The van der Waals surface area contributed by atoms with Crippen LogP contribution in [0.2, 0.25) is 0 Å². The van der Waals surface area contributed by atoms with E-state index in [1.54, 1.807) is 0 Å². The predicted octanol–water partition coefficient (Wildman–Crippen LogP) is 2.61. The molecule has 2 aromatic rings. The third-order valence-electron chi connectivity index (χ3n) is 4.53. The van der Waals surface area contributed by atoms with Gasteiger partial charge >= 0.3 is 12.1 Å². The number of anilines is 1. The summed E-state index contributed by atoms with van der Waals surface area (Å²) in [6.07, 6.45) is -2.49. The summed E-state index contributed by atoms with van der Waals surface area (Å²) in [7, 11) is -3.40. The lowest BCUT2D eigenvalue weighted by Crippen LogP contribution is -2.32. The van der Waals surface area contributed by atoms with Gasteiger partial charge in [-0.2, -0.15) is 13.2 Å². The predicted molar refractivity (Wildman–Crippen MR) is 106 cm³/mol. The van der Waals surface area contributed by atoms with E-state index < -0.39 is 46.0 Å². The molecule has 30 heavy (non-hydrogen) atoms. The number of nitrogens with one attached hydrogen (secondary N) is 1. The molecule has 2 rings (SSSR count). The van der Waals surface area contributed by atoms with Gasteiger partial charge < -0.3 is 16.6 Å². The molecule has 0 aliphatic heterocycles. The largest absolute Gasteiger partial charge is 0.480 e. The van der Waals surface area contributed by atoms with Crippen LogP contribution in [-0.2, 0) is 14.5 Å². The zero-order valence-electron chi connectivity index (χ0n) is 15.8. The van der Waals surface area contributed by atoms with Gasteiger partial charge in [-0.25, -0.2) is 14.2 Å². The van der Waals surface area contributed by atoms with Crippen molar-refractivity contribution in [1.29, 1.82) is 4.78 Å². The van der Waals surface area contributed by atoms with Gasteiger partial charge in [-0.3, -0.25) is 9.57 Å². The normalized spacial score (nSPS) is 15.9. The molecule has 0 bridgehead atoms. The lowest BCUT2D eigenvalue weighted by molar-refractivity contribution is -0.150. The molecule has 0 saturated heterocycles. The number of rotatable bonds is 9. The SMILES string of the molecule is N=S(=O)(CCC(c1ccc(-c2cnc(N)nc2)cc1)C(F)(F)F)CC[C@H](N)C(=O)O. The van der Waals surface area contributed by atoms with E-state index in [1.807, 2.05) is 0 Å². The molecule has 8 nitrogen and oxygen atoms in total. The zero-order valence-corrected chi connectivity index (χ0v) is 16.6. The number of aliphatic carboxylic acids is 1. The van der Waals surface area contributed by atoms with Crippen molar-refractivity contribution in [3.63, 3.8) is 0 Å². The first-order valence-corrected chi connectivity index (χ1v) is 10.8. The summed E-state index contributed by atoms with van der Waals surface area (Å²) in [4.78, 5) is 18.4. The van der Waals surface area contributed by atoms with E-state index in [9.17, 15) is 22.2 Å². The maximum Gasteiger partial charge on any atom is 0.395 e. The molecule has 2 unspecified atom stereocenters.